The number of carbonyl (C=O) groups is 1. The van der Waals surface area contributed by atoms with Gasteiger partial charge >= 0.3 is 5.97 Å². The van der Waals surface area contributed by atoms with E-state index < -0.39 is 5.60 Å². The minimum atomic E-state index is -0.581. The van der Waals surface area contributed by atoms with Crippen LogP contribution >= 0.6 is 0 Å². The zero-order chi connectivity index (χ0) is 20.6. The molecule has 0 radical (unpaired) electrons. The Kier molecular flexibility index (Phi) is 4.75. The molecule has 0 saturated carbocycles. The molecule has 0 amide bonds. The molecular weight excluding hydrogens is 360 g/mol. The summed E-state index contributed by atoms with van der Waals surface area (Å²) in [6.07, 6.45) is 0. The molecule has 0 aromatic heterocycles. The smallest absolute Gasteiger partial charge is 0.339 e. The highest BCUT2D eigenvalue weighted by atomic mass is 16.6. The summed E-state index contributed by atoms with van der Waals surface area (Å²) in [5, 5.41) is 4.18. The van der Waals surface area contributed by atoms with Gasteiger partial charge in [-0.2, -0.15) is 0 Å². The second-order valence-electron chi connectivity index (χ2n) is 8.08. The topological polar surface area (TPSA) is 35.5 Å². The summed E-state index contributed by atoms with van der Waals surface area (Å²) in [6.45, 7) is 5.64. The Bertz CT molecular complexity index is 1220. The molecule has 0 unspecified atom stereocenters. The van der Waals surface area contributed by atoms with Crippen molar-refractivity contribution in [1.29, 1.82) is 0 Å². The van der Waals surface area contributed by atoms with Crippen LogP contribution in [-0.2, 0) is 4.74 Å². The van der Waals surface area contributed by atoms with Crippen molar-refractivity contribution in [2.24, 2.45) is 0 Å². The van der Waals surface area contributed by atoms with Crippen LogP contribution in [0.25, 0.3) is 32.7 Å². The largest absolute Gasteiger partial charge is 0.496 e. The van der Waals surface area contributed by atoms with Crippen LogP contribution in [0.3, 0.4) is 0 Å². The number of benzene rings is 4. The number of methoxy groups -OCH3 is 1. The third-order valence-corrected chi connectivity index (χ3v) is 4.91. The van der Waals surface area contributed by atoms with E-state index in [4.69, 9.17) is 9.47 Å². The molecule has 0 aliphatic heterocycles. The van der Waals surface area contributed by atoms with Crippen molar-refractivity contribution in [3.63, 3.8) is 0 Å². The van der Waals surface area contributed by atoms with Gasteiger partial charge in [-0.15, -0.1) is 0 Å². The van der Waals surface area contributed by atoms with Crippen LogP contribution in [0.2, 0.25) is 0 Å². The summed E-state index contributed by atoms with van der Waals surface area (Å²) in [7, 11) is 1.66. The Morgan fingerprint density at radius 1 is 0.724 bits per heavy atom. The average Bonchev–Trinajstić information content (AvgIpc) is 2.71. The molecule has 4 rings (SSSR count). The number of carbonyl (C=O) groups excluding carboxylic acids is 1. The number of ether oxygens (including phenoxy) is 2. The highest BCUT2D eigenvalue weighted by Gasteiger charge is 2.25. The first-order chi connectivity index (χ1) is 13.9. The van der Waals surface area contributed by atoms with E-state index in [1.165, 1.54) is 0 Å². The van der Waals surface area contributed by atoms with Gasteiger partial charge in [-0.05, 0) is 54.4 Å². The summed E-state index contributed by atoms with van der Waals surface area (Å²) < 4.78 is 11.5. The molecule has 0 aliphatic carbocycles. The lowest BCUT2D eigenvalue weighted by Crippen LogP contribution is -2.24. The van der Waals surface area contributed by atoms with Gasteiger partial charge in [-0.1, -0.05) is 60.7 Å². The quantitative estimate of drug-likeness (QED) is 0.372. The van der Waals surface area contributed by atoms with Crippen LogP contribution in [0.4, 0.5) is 0 Å². The van der Waals surface area contributed by atoms with Crippen molar-refractivity contribution in [1.82, 2.24) is 0 Å². The Balaban J connectivity index is 2.12. The molecule has 0 heterocycles. The van der Waals surface area contributed by atoms with Crippen LogP contribution in [-0.4, -0.2) is 18.7 Å². The molecule has 3 nitrogen and oxygen atoms in total. The van der Waals surface area contributed by atoms with Crippen molar-refractivity contribution in [2.75, 3.05) is 7.11 Å². The second-order valence-corrected chi connectivity index (χ2v) is 8.08. The molecule has 0 aliphatic rings. The zero-order valence-electron chi connectivity index (χ0n) is 17.2. The fraction of sp³-hybridized carbons (Fsp3) is 0.192. The molecule has 0 N–H and O–H groups in total. The number of hydrogen-bond acceptors (Lipinski definition) is 3. The highest BCUT2D eigenvalue weighted by Crippen LogP contribution is 2.42. The summed E-state index contributed by atoms with van der Waals surface area (Å²) in [4.78, 5) is 13.2. The number of fused-ring (bicyclic) bond motifs is 2. The Labute approximate surface area is 170 Å². The van der Waals surface area contributed by atoms with Gasteiger partial charge in [0.25, 0.3) is 0 Å². The predicted octanol–water partition coefficient (Wildman–Crippen LogP) is 6.62. The minimum absolute atomic E-state index is 0.340. The average molecular weight is 384 g/mol. The number of rotatable bonds is 3. The van der Waals surface area contributed by atoms with Crippen LogP contribution < -0.4 is 4.74 Å². The first-order valence-electron chi connectivity index (χ1n) is 9.70. The van der Waals surface area contributed by atoms with Gasteiger partial charge in [-0.25, -0.2) is 4.79 Å². The standard InChI is InChI=1S/C26H24O3/c1-26(2,3)29-25(27)21-15-13-17-9-5-7-11-19(17)23(21)24-20-12-8-6-10-18(20)14-16-22(24)28-4/h5-16H,1-4H3. The van der Waals surface area contributed by atoms with Crippen molar-refractivity contribution in [3.05, 3.63) is 78.4 Å². The molecule has 0 fully saturated rings. The van der Waals surface area contributed by atoms with Crippen LogP contribution in [0.1, 0.15) is 31.1 Å². The first kappa shape index (κ1) is 19.0. The molecular formula is C26H24O3. The van der Waals surface area contributed by atoms with Crippen molar-refractivity contribution in [3.8, 4) is 16.9 Å². The maximum absolute atomic E-state index is 13.2. The van der Waals surface area contributed by atoms with Crippen LogP contribution in [0.15, 0.2) is 72.8 Å². The lowest BCUT2D eigenvalue weighted by Gasteiger charge is -2.22. The third-order valence-electron chi connectivity index (χ3n) is 4.91. The van der Waals surface area contributed by atoms with E-state index in [1.54, 1.807) is 7.11 Å². The van der Waals surface area contributed by atoms with E-state index in [1.807, 2.05) is 75.4 Å². The van der Waals surface area contributed by atoms with E-state index in [2.05, 4.69) is 18.2 Å². The van der Waals surface area contributed by atoms with Crippen LogP contribution in [0.5, 0.6) is 5.75 Å². The van der Waals surface area contributed by atoms with E-state index in [9.17, 15) is 4.79 Å². The molecule has 29 heavy (non-hydrogen) atoms. The molecule has 0 bridgehead atoms. The lowest BCUT2D eigenvalue weighted by molar-refractivity contribution is 0.00706. The lowest BCUT2D eigenvalue weighted by atomic mass is 9.89. The van der Waals surface area contributed by atoms with Crippen LogP contribution in [0, 0.1) is 0 Å². The Hall–Kier alpha value is -3.33. The molecule has 4 aromatic carbocycles. The molecule has 0 saturated heterocycles. The summed E-state index contributed by atoms with van der Waals surface area (Å²) in [5.74, 6) is 0.387. The molecule has 4 aromatic rings. The Morgan fingerprint density at radius 3 is 1.86 bits per heavy atom. The molecule has 3 heteroatoms. The van der Waals surface area contributed by atoms with Crippen molar-refractivity contribution < 1.29 is 14.3 Å². The van der Waals surface area contributed by atoms with Gasteiger partial charge in [0.15, 0.2) is 0 Å². The van der Waals surface area contributed by atoms with E-state index in [-0.39, 0.29) is 5.97 Å². The fourth-order valence-electron chi connectivity index (χ4n) is 3.72. The van der Waals surface area contributed by atoms with Gasteiger partial charge in [0.1, 0.15) is 11.4 Å². The van der Waals surface area contributed by atoms with Gasteiger partial charge in [0.05, 0.1) is 12.7 Å². The van der Waals surface area contributed by atoms with E-state index in [0.29, 0.717) is 5.56 Å². The molecule has 0 spiro atoms. The third kappa shape index (κ3) is 3.56. The Morgan fingerprint density at radius 2 is 1.28 bits per heavy atom. The van der Waals surface area contributed by atoms with Crippen molar-refractivity contribution >= 4 is 27.5 Å². The first-order valence-corrected chi connectivity index (χ1v) is 9.70. The summed E-state index contributed by atoms with van der Waals surface area (Å²) in [5.41, 5.74) is 1.70. The minimum Gasteiger partial charge on any atom is -0.496 e. The molecule has 0 atom stereocenters. The monoisotopic (exact) mass is 384 g/mol. The maximum atomic E-state index is 13.2. The predicted molar refractivity (Wildman–Crippen MR) is 119 cm³/mol. The summed E-state index contributed by atoms with van der Waals surface area (Å²) >= 11 is 0. The van der Waals surface area contributed by atoms with Gasteiger partial charge < -0.3 is 9.47 Å². The van der Waals surface area contributed by atoms with Gasteiger partial charge in [0, 0.05) is 11.1 Å². The maximum Gasteiger partial charge on any atom is 0.339 e. The SMILES string of the molecule is COc1ccc2ccccc2c1-c1c(C(=O)OC(C)(C)C)ccc2ccccc12. The zero-order valence-corrected chi connectivity index (χ0v) is 17.2. The summed E-state index contributed by atoms with van der Waals surface area (Å²) in [6, 6.07) is 24.0. The highest BCUT2D eigenvalue weighted by molar-refractivity contribution is 6.14. The second kappa shape index (κ2) is 7.25. The normalized spacial score (nSPS) is 11.6. The fourth-order valence-corrected chi connectivity index (χ4v) is 3.72. The number of esters is 1. The van der Waals surface area contributed by atoms with Gasteiger partial charge in [0.2, 0.25) is 0 Å². The molecule has 146 valence electrons. The van der Waals surface area contributed by atoms with E-state index >= 15 is 0 Å². The van der Waals surface area contributed by atoms with E-state index in [0.717, 1.165) is 38.4 Å². The number of hydrogen-bond donors (Lipinski definition) is 0. The van der Waals surface area contributed by atoms with Gasteiger partial charge in [-0.3, -0.25) is 0 Å². The van der Waals surface area contributed by atoms with Crippen molar-refractivity contribution in [2.45, 2.75) is 26.4 Å².